The normalized spacial score (nSPS) is 10.8. The first-order chi connectivity index (χ1) is 9.28. The van der Waals surface area contributed by atoms with Gasteiger partial charge in [0.2, 0.25) is 0 Å². The summed E-state index contributed by atoms with van der Waals surface area (Å²) in [5.74, 6) is 0.510. The van der Waals surface area contributed by atoms with Gasteiger partial charge in [-0.15, -0.1) is 0 Å². The molecule has 2 aromatic heterocycles. The Hall–Kier alpha value is -2.36. The Morgan fingerprint density at radius 3 is 2.79 bits per heavy atom. The van der Waals surface area contributed by atoms with E-state index in [-0.39, 0.29) is 5.82 Å². The average Bonchev–Trinajstić information content (AvgIpc) is 2.83. The summed E-state index contributed by atoms with van der Waals surface area (Å²) >= 11 is 0. The van der Waals surface area contributed by atoms with E-state index in [1.54, 1.807) is 19.2 Å². The third kappa shape index (κ3) is 2.17. The van der Waals surface area contributed by atoms with Crippen molar-refractivity contribution in [3.63, 3.8) is 0 Å². The van der Waals surface area contributed by atoms with Gasteiger partial charge in [0.1, 0.15) is 11.5 Å². The van der Waals surface area contributed by atoms with Crippen LogP contribution in [0.15, 0.2) is 48.7 Å². The molecule has 2 heterocycles. The maximum absolute atomic E-state index is 13.6. The standard InChI is InChI=1S/C15H13FN2O/c1-19-15-8-4-7-14-17-12(10-18(14)15)9-11-5-2-3-6-13(11)16/h2-8,10H,9H2,1H3. The van der Waals surface area contributed by atoms with Gasteiger partial charge in [-0.1, -0.05) is 24.3 Å². The van der Waals surface area contributed by atoms with Gasteiger partial charge in [-0.05, 0) is 23.8 Å². The summed E-state index contributed by atoms with van der Waals surface area (Å²) in [6, 6.07) is 12.4. The summed E-state index contributed by atoms with van der Waals surface area (Å²) < 4.78 is 20.7. The highest BCUT2D eigenvalue weighted by atomic mass is 19.1. The molecule has 0 bridgehead atoms. The predicted molar refractivity (Wildman–Crippen MR) is 71.0 cm³/mol. The van der Waals surface area contributed by atoms with Crippen molar-refractivity contribution >= 4 is 5.65 Å². The molecular formula is C15H13FN2O. The summed E-state index contributed by atoms with van der Waals surface area (Å²) in [5.41, 5.74) is 2.25. The zero-order valence-electron chi connectivity index (χ0n) is 10.5. The largest absolute Gasteiger partial charge is 0.482 e. The van der Waals surface area contributed by atoms with Crippen LogP contribution in [0.25, 0.3) is 5.65 Å². The third-order valence-electron chi connectivity index (χ3n) is 3.04. The summed E-state index contributed by atoms with van der Waals surface area (Å²) in [5, 5.41) is 0. The highest BCUT2D eigenvalue weighted by Crippen LogP contribution is 2.18. The zero-order valence-corrected chi connectivity index (χ0v) is 10.5. The molecule has 3 nitrogen and oxygen atoms in total. The van der Waals surface area contributed by atoms with Gasteiger partial charge in [0.15, 0.2) is 5.88 Å². The van der Waals surface area contributed by atoms with Crippen molar-refractivity contribution < 1.29 is 9.13 Å². The lowest BCUT2D eigenvalue weighted by atomic mass is 10.1. The smallest absolute Gasteiger partial charge is 0.198 e. The SMILES string of the molecule is COc1cccc2nc(Cc3ccccc3F)cn12. The minimum absolute atomic E-state index is 0.202. The molecule has 0 fully saturated rings. The molecule has 0 N–H and O–H groups in total. The molecule has 0 unspecified atom stereocenters. The van der Waals surface area contributed by atoms with Crippen LogP contribution in [0.1, 0.15) is 11.3 Å². The third-order valence-corrected chi connectivity index (χ3v) is 3.04. The number of fused-ring (bicyclic) bond motifs is 1. The summed E-state index contributed by atoms with van der Waals surface area (Å²) in [6.45, 7) is 0. The van der Waals surface area contributed by atoms with E-state index in [0.717, 1.165) is 11.3 Å². The van der Waals surface area contributed by atoms with E-state index in [1.807, 2.05) is 34.9 Å². The number of hydrogen-bond donors (Lipinski definition) is 0. The number of methoxy groups -OCH3 is 1. The first-order valence-electron chi connectivity index (χ1n) is 6.02. The fourth-order valence-corrected chi connectivity index (χ4v) is 2.12. The van der Waals surface area contributed by atoms with Crippen LogP contribution in [0, 0.1) is 5.82 Å². The van der Waals surface area contributed by atoms with Gasteiger partial charge in [0.25, 0.3) is 0 Å². The second-order valence-corrected chi connectivity index (χ2v) is 4.30. The van der Waals surface area contributed by atoms with Crippen LogP contribution in [0.2, 0.25) is 0 Å². The van der Waals surface area contributed by atoms with E-state index < -0.39 is 0 Å². The Bertz CT molecular complexity index is 721. The number of halogens is 1. The van der Waals surface area contributed by atoms with E-state index in [0.29, 0.717) is 17.9 Å². The van der Waals surface area contributed by atoms with Gasteiger partial charge in [0.05, 0.1) is 12.8 Å². The molecule has 3 aromatic rings. The number of aromatic nitrogens is 2. The molecule has 0 aliphatic heterocycles. The molecule has 0 spiro atoms. The van der Waals surface area contributed by atoms with E-state index in [2.05, 4.69) is 4.98 Å². The molecule has 0 atom stereocenters. The Kier molecular flexibility index (Phi) is 2.91. The van der Waals surface area contributed by atoms with Crippen molar-refractivity contribution in [2.75, 3.05) is 7.11 Å². The summed E-state index contributed by atoms with van der Waals surface area (Å²) in [7, 11) is 1.62. The fourth-order valence-electron chi connectivity index (χ4n) is 2.12. The molecule has 4 heteroatoms. The number of pyridine rings is 1. The number of hydrogen-bond acceptors (Lipinski definition) is 2. The zero-order chi connectivity index (χ0) is 13.2. The van der Waals surface area contributed by atoms with E-state index >= 15 is 0 Å². The molecular weight excluding hydrogens is 243 g/mol. The summed E-state index contributed by atoms with van der Waals surface area (Å²) in [4.78, 5) is 4.47. The van der Waals surface area contributed by atoms with E-state index in [9.17, 15) is 4.39 Å². The van der Waals surface area contributed by atoms with Crippen molar-refractivity contribution in [1.82, 2.24) is 9.38 Å². The van der Waals surface area contributed by atoms with Crippen LogP contribution < -0.4 is 4.74 Å². The molecule has 0 saturated carbocycles. The van der Waals surface area contributed by atoms with Gasteiger partial charge in [-0.3, -0.25) is 4.40 Å². The monoisotopic (exact) mass is 256 g/mol. The average molecular weight is 256 g/mol. The van der Waals surface area contributed by atoms with Crippen LogP contribution >= 0.6 is 0 Å². The second kappa shape index (κ2) is 4.72. The van der Waals surface area contributed by atoms with Crippen molar-refractivity contribution in [2.24, 2.45) is 0 Å². The van der Waals surface area contributed by atoms with Gasteiger partial charge in [-0.2, -0.15) is 0 Å². The minimum atomic E-state index is -0.202. The topological polar surface area (TPSA) is 26.5 Å². The fraction of sp³-hybridized carbons (Fsp3) is 0.133. The number of benzene rings is 1. The predicted octanol–water partition coefficient (Wildman–Crippen LogP) is 3.07. The lowest BCUT2D eigenvalue weighted by Crippen LogP contribution is -1.92. The quantitative estimate of drug-likeness (QED) is 0.720. The van der Waals surface area contributed by atoms with Gasteiger partial charge < -0.3 is 4.74 Å². The molecule has 1 aromatic carbocycles. The Balaban J connectivity index is 2.00. The first kappa shape index (κ1) is 11.7. The van der Waals surface area contributed by atoms with Crippen molar-refractivity contribution in [1.29, 1.82) is 0 Å². The minimum Gasteiger partial charge on any atom is -0.482 e. The molecule has 0 saturated heterocycles. The molecule has 19 heavy (non-hydrogen) atoms. The van der Waals surface area contributed by atoms with Crippen molar-refractivity contribution in [2.45, 2.75) is 6.42 Å². The lowest BCUT2D eigenvalue weighted by Gasteiger charge is -2.01. The van der Waals surface area contributed by atoms with Crippen LogP contribution in [-0.4, -0.2) is 16.5 Å². The Morgan fingerprint density at radius 1 is 1.16 bits per heavy atom. The molecule has 0 radical (unpaired) electrons. The second-order valence-electron chi connectivity index (χ2n) is 4.30. The molecule has 3 rings (SSSR count). The van der Waals surface area contributed by atoms with Crippen LogP contribution in [0.4, 0.5) is 4.39 Å². The Morgan fingerprint density at radius 2 is 2.00 bits per heavy atom. The van der Waals surface area contributed by atoms with Gasteiger partial charge in [-0.25, -0.2) is 9.37 Å². The number of rotatable bonds is 3. The highest BCUT2D eigenvalue weighted by Gasteiger charge is 2.08. The van der Waals surface area contributed by atoms with E-state index in [1.165, 1.54) is 6.07 Å². The van der Waals surface area contributed by atoms with Crippen LogP contribution in [0.3, 0.4) is 0 Å². The van der Waals surface area contributed by atoms with Gasteiger partial charge >= 0.3 is 0 Å². The number of nitrogens with zero attached hydrogens (tertiary/aromatic N) is 2. The first-order valence-corrected chi connectivity index (χ1v) is 6.02. The Labute approximate surface area is 110 Å². The van der Waals surface area contributed by atoms with Crippen molar-refractivity contribution in [3.8, 4) is 5.88 Å². The molecule has 0 amide bonds. The number of ether oxygens (including phenoxy) is 1. The van der Waals surface area contributed by atoms with Crippen LogP contribution in [0.5, 0.6) is 5.88 Å². The van der Waals surface area contributed by atoms with E-state index in [4.69, 9.17) is 4.74 Å². The van der Waals surface area contributed by atoms with Gasteiger partial charge in [0, 0.05) is 12.6 Å². The van der Waals surface area contributed by atoms with Crippen LogP contribution in [-0.2, 0) is 6.42 Å². The molecule has 0 aliphatic rings. The van der Waals surface area contributed by atoms with Crippen molar-refractivity contribution in [3.05, 3.63) is 65.7 Å². The maximum atomic E-state index is 13.6. The highest BCUT2D eigenvalue weighted by molar-refractivity contribution is 5.44. The molecule has 96 valence electrons. The summed E-state index contributed by atoms with van der Waals surface area (Å²) in [6.07, 6.45) is 2.35. The number of imidazole rings is 1. The lowest BCUT2D eigenvalue weighted by molar-refractivity contribution is 0.392. The maximum Gasteiger partial charge on any atom is 0.198 e. The molecule has 0 aliphatic carbocycles.